The topological polar surface area (TPSA) is 42.7 Å². The van der Waals surface area contributed by atoms with Crippen LogP contribution in [0.3, 0.4) is 0 Å². The Bertz CT molecular complexity index is 369. The average molecular weight is 222 g/mol. The van der Waals surface area contributed by atoms with Crippen molar-refractivity contribution >= 4 is 0 Å². The van der Waals surface area contributed by atoms with E-state index < -0.39 is 0 Å². The summed E-state index contributed by atoms with van der Waals surface area (Å²) in [5, 5.41) is 11.5. The first-order valence-electron chi connectivity index (χ1n) is 6.07. The molecular weight excluding hydrogens is 200 g/mol. The van der Waals surface area contributed by atoms with Gasteiger partial charge >= 0.3 is 0 Å². The van der Waals surface area contributed by atoms with E-state index >= 15 is 0 Å². The van der Waals surface area contributed by atoms with Crippen LogP contribution in [0, 0.1) is 10.8 Å². The molecule has 4 nitrogen and oxygen atoms in total. The van der Waals surface area contributed by atoms with Gasteiger partial charge in [-0.2, -0.15) is 0 Å². The fourth-order valence-corrected chi connectivity index (χ4v) is 2.38. The molecule has 0 spiro atoms. The Morgan fingerprint density at radius 2 is 2.12 bits per heavy atom. The maximum absolute atomic E-state index is 4.02. The maximum Gasteiger partial charge on any atom is 0.0738 e. The monoisotopic (exact) mass is 222 g/mol. The van der Waals surface area contributed by atoms with Crippen LogP contribution in [0.2, 0.25) is 0 Å². The fourth-order valence-electron chi connectivity index (χ4n) is 2.38. The lowest BCUT2D eigenvalue weighted by atomic mass is 9.98. The lowest BCUT2D eigenvalue weighted by molar-refractivity contribution is 0.387. The van der Waals surface area contributed by atoms with Crippen molar-refractivity contribution in [3.8, 4) is 0 Å². The Morgan fingerprint density at radius 3 is 2.69 bits per heavy atom. The molecule has 1 aliphatic rings. The van der Waals surface area contributed by atoms with Crippen LogP contribution in [0.25, 0.3) is 0 Å². The minimum Gasteiger partial charge on any atom is -0.311 e. The molecule has 1 fully saturated rings. The van der Waals surface area contributed by atoms with Gasteiger partial charge in [0.05, 0.1) is 11.9 Å². The van der Waals surface area contributed by atoms with Gasteiger partial charge in [-0.15, -0.1) is 5.10 Å². The Hall–Kier alpha value is -0.900. The number of rotatable bonds is 5. The minimum atomic E-state index is 0.470. The molecule has 2 rings (SSSR count). The van der Waals surface area contributed by atoms with E-state index in [0.717, 1.165) is 19.6 Å². The molecule has 16 heavy (non-hydrogen) atoms. The summed E-state index contributed by atoms with van der Waals surface area (Å²) in [7, 11) is 0. The second-order valence-electron chi connectivity index (χ2n) is 5.77. The van der Waals surface area contributed by atoms with E-state index in [2.05, 4.69) is 43.3 Å². The molecule has 1 saturated carbocycles. The summed E-state index contributed by atoms with van der Waals surface area (Å²) in [6.07, 6.45) is 3.16. The molecule has 90 valence electrons. The van der Waals surface area contributed by atoms with E-state index in [4.69, 9.17) is 0 Å². The second kappa shape index (κ2) is 3.84. The molecule has 4 heteroatoms. The van der Waals surface area contributed by atoms with Crippen LogP contribution in [-0.2, 0) is 13.1 Å². The molecular formula is C12H22N4. The third-order valence-corrected chi connectivity index (χ3v) is 4.16. The van der Waals surface area contributed by atoms with E-state index in [1.54, 1.807) is 0 Å². The molecule has 0 saturated heterocycles. The second-order valence-corrected chi connectivity index (χ2v) is 5.77. The molecule has 0 amide bonds. The highest BCUT2D eigenvalue weighted by Crippen LogP contribution is 2.62. The summed E-state index contributed by atoms with van der Waals surface area (Å²) < 4.78 is 1.94. The van der Waals surface area contributed by atoms with Crippen LogP contribution in [0.4, 0.5) is 0 Å². The molecule has 0 aromatic carbocycles. The molecule has 1 aromatic heterocycles. The van der Waals surface area contributed by atoms with Crippen molar-refractivity contribution in [2.75, 3.05) is 6.54 Å². The maximum atomic E-state index is 4.02. The highest BCUT2D eigenvalue weighted by molar-refractivity contribution is 5.08. The predicted molar refractivity (Wildman–Crippen MR) is 63.9 cm³/mol. The Morgan fingerprint density at radius 1 is 1.44 bits per heavy atom. The summed E-state index contributed by atoms with van der Waals surface area (Å²) >= 11 is 0. The van der Waals surface area contributed by atoms with E-state index in [0.29, 0.717) is 10.8 Å². The summed E-state index contributed by atoms with van der Waals surface area (Å²) in [5.74, 6) is 0. The van der Waals surface area contributed by atoms with Gasteiger partial charge in [-0.3, -0.25) is 0 Å². The van der Waals surface area contributed by atoms with Gasteiger partial charge in [0.15, 0.2) is 0 Å². The van der Waals surface area contributed by atoms with Crippen LogP contribution in [0.1, 0.15) is 39.8 Å². The van der Waals surface area contributed by atoms with Gasteiger partial charge in [0.25, 0.3) is 0 Å². The first-order chi connectivity index (χ1) is 7.48. The largest absolute Gasteiger partial charge is 0.311 e. The lowest BCUT2D eigenvalue weighted by Crippen LogP contribution is -2.25. The number of hydrogen-bond acceptors (Lipinski definition) is 3. The molecule has 1 aliphatic carbocycles. The van der Waals surface area contributed by atoms with Crippen molar-refractivity contribution in [2.24, 2.45) is 10.8 Å². The van der Waals surface area contributed by atoms with Crippen LogP contribution < -0.4 is 5.32 Å². The normalized spacial score (nSPS) is 27.0. The number of aromatic nitrogens is 3. The SMILES string of the molecule is CCn1nncc1CNCC1(C)CC1(C)C. The van der Waals surface area contributed by atoms with Crippen molar-refractivity contribution in [2.45, 2.75) is 47.2 Å². The first kappa shape index (κ1) is 11.6. The first-order valence-corrected chi connectivity index (χ1v) is 6.07. The standard InChI is InChI=1S/C12H22N4/c1-5-16-10(7-14-15-16)6-13-9-12(4)8-11(12,2)3/h7,13H,5-6,8-9H2,1-4H3. The Labute approximate surface area is 97.4 Å². The Kier molecular flexibility index (Phi) is 2.78. The summed E-state index contributed by atoms with van der Waals surface area (Å²) in [6, 6.07) is 0. The minimum absolute atomic E-state index is 0.470. The zero-order valence-corrected chi connectivity index (χ0v) is 10.7. The molecule has 1 N–H and O–H groups in total. The lowest BCUT2D eigenvalue weighted by Gasteiger charge is -2.15. The van der Waals surface area contributed by atoms with Crippen molar-refractivity contribution in [3.63, 3.8) is 0 Å². The van der Waals surface area contributed by atoms with Crippen molar-refractivity contribution in [1.29, 1.82) is 0 Å². The van der Waals surface area contributed by atoms with Crippen molar-refractivity contribution in [3.05, 3.63) is 11.9 Å². The van der Waals surface area contributed by atoms with Crippen LogP contribution >= 0.6 is 0 Å². The van der Waals surface area contributed by atoms with E-state index in [-0.39, 0.29) is 0 Å². The van der Waals surface area contributed by atoms with Gasteiger partial charge in [-0.05, 0) is 24.2 Å². The molecule has 0 radical (unpaired) electrons. The number of aryl methyl sites for hydroxylation is 1. The number of nitrogens with zero attached hydrogens (tertiary/aromatic N) is 3. The number of hydrogen-bond donors (Lipinski definition) is 1. The third-order valence-electron chi connectivity index (χ3n) is 4.16. The van der Waals surface area contributed by atoms with Gasteiger partial charge in [0.2, 0.25) is 0 Å². The highest BCUT2D eigenvalue weighted by atomic mass is 15.4. The molecule has 0 aliphatic heterocycles. The quantitative estimate of drug-likeness (QED) is 0.826. The third kappa shape index (κ3) is 1.98. The van der Waals surface area contributed by atoms with E-state index in [1.807, 2.05) is 10.9 Å². The molecule has 1 atom stereocenters. The van der Waals surface area contributed by atoms with Crippen LogP contribution in [0.5, 0.6) is 0 Å². The summed E-state index contributed by atoms with van der Waals surface area (Å²) in [4.78, 5) is 0. The van der Waals surface area contributed by atoms with Gasteiger partial charge in [-0.1, -0.05) is 26.0 Å². The fraction of sp³-hybridized carbons (Fsp3) is 0.833. The van der Waals surface area contributed by atoms with Crippen molar-refractivity contribution in [1.82, 2.24) is 20.3 Å². The van der Waals surface area contributed by atoms with Crippen molar-refractivity contribution < 1.29 is 0 Å². The predicted octanol–water partition coefficient (Wildman–Crippen LogP) is 1.82. The molecule has 1 heterocycles. The zero-order valence-electron chi connectivity index (χ0n) is 10.7. The highest BCUT2D eigenvalue weighted by Gasteiger charge is 2.56. The molecule has 0 bridgehead atoms. The van der Waals surface area contributed by atoms with Gasteiger partial charge in [0.1, 0.15) is 0 Å². The van der Waals surface area contributed by atoms with Gasteiger partial charge < -0.3 is 5.32 Å². The average Bonchev–Trinajstić information content (AvgIpc) is 2.62. The Balaban J connectivity index is 1.81. The van der Waals surface area contributed by atoms with E-state index in [9.17, 15) is 0 Å². The molecule has 1 aromatic rings. The van der Waals surface area contributed by atoms with E-state index in [1.165, 1.54) is 12.1 Å². The molecule has 1 unspecified atom stereocenters. The zero-order chi connectivity index (χ0) is 11.8. The smallest absolute Gasteiger partial charge is 0.0738 e. The summed E-state index contributed by atoms with van der Waals surface area (Å²) in [6.45, 7) is 12.0. The van der Waals surface area contributed by atoms with Crippen LogP contribution in [0.15, 0.2) is 6.20 Å². The van der Waals surface area contributed by atoms with Gasteiger partial charge in [-0.25, -0.2) is 4.68 Å². The number of nitrogens with one attached hydrogen (secondary N) is 1. The summed E-state index contributed by atoms with van der Waals surface area (Å²) in [5.41, 5.74) is 2.14. The van der Waals surface area contributed by atoms with Crippen LogP contribution in [-0.4, -0.2) is 21.5 Å². The van der Waals surface area contributed by atoms with Gasteiger partial charge in [0, 0.05) is 19.6 Å².